The minimum Gasteiger partial charge on any atom is -0.368 e. The number of hydrogen-bond acceptors (Lipinski definition) is 6. The van der Waals surface area contributed by atoms with Crippen molar-refractivity contribution in [1.29, 1.82) is 0 Å². The van der Waals surface area contributed by atoms with E-state index in [4.69, 9.17) is 5.73 Å². The summed E-state index contributed by atoms with van der Waals surface area (Å²) in [5, 5.41) is -0.0961. The molecule has 1 aromatic heterocycles. The van der Waals surface area contributed by atoms with Gasteiger partial charge in [-0.15, -0.1) is 11.8 Å². The highest BCUT2D eigenvalue weighted by Gasteiger charge is 2.26. The summed E-state index contributed by atoms with van der Waals surface area (Å²) in [6, 6.07) is 10.2. The molecule has 1 aliphatic rings. The van der Waals surface area contributed by atoms with Crippen LogP contribution in [0.2, 0.25) is 0 Å². The maximum Gasteiger partial charge on any atom is 0.235 e. The summed E-state index contributed by atoms with van der Waals surface area (Å²) < 4.78 is 0. The molecular formula is C19H25N5OS. The Morgan fingerprint density at radius 2 is 1.77 bits per heavy atom. The van der Waals surface area contributed by atoms with Crippen molar-refractivity contribution in [2.24, 2.45) is 0 Å². The van der Waals surface area contributed by atoms with Gasteiger partial charge in [-0.1, -0.05) is 17.7 Å². The Bertz CT molecular complexity index is 752. The number of anilines is 2. The lowest BCUT2D eigenvalue weighted by atomic mass is 10.2. The van der Waals surface area contributed by atoms with E-state index in [2.05, 4.69) is 46.1 Å². The second-order valence-electron chi connectivity index (χ2n) is 6.61. The highest BCUT2D eigenvalue weighted by molar-refractivity contribution is 8.00. The summed E-state index contributed by atoms with van der Waals surface area (Å²) in [6.45, 7) is 8.85. The summed E-state index contributed by atoms with van der Waals surface area (Å²) in [5.74, 6) is 1.32. The van der Waals surface area contributed by atoms with Crippen molar-refractivity contribution < 1.29 is 4.79 Å². The minimum atomic E-state index is -0.0961. The van der Waals surface area contributed by atoms with Gasteiger partial charge in [0.05, 0.1) is 5.25 Å². The fraction of sp³-hybridized carbons (Fsp3) is 0.421. The number of benzene rings is 1. The first-order chi connectivity index (χ1) is 12.4. The van der Waals surface area contributed by atoms with Crippen LogP contribution in [0.3, 0.4) is 0 Å². The molecule has 0 saturated carbocycles. The molecule has 2 N–H and O–H groups in total. The molecule has 3 rings (SSSR count). The number of nitrogens with two attached hydrogens (primary N) is 1. The second-order valence-corrected chi connectivity index (χ2v) is 8.03. The Labute approximate surface area is 158 Å². The van der Waals surface area contributed by atoms with Gasteiger partial charge in [-0.3, -0.25) is 4.79 Å². The van der Waals surface area contributed by atoms with Crippen LogP contribution in [-0.2, 0) is 4.79 Å². The van der Waals surface area contributed by atoms with E-state index in [1.165, 1.54) is 5.56 Å². The van der Waals surface area contributed by atoms with Gasteiger partial charge in [0.15, 0.2) is 0 Å². The molecule has 1 aromatic carbocycles. The third-order valence-corrected chi connectivity index (χ3v) is 5.55. The van der Waals surface area contributed by atoms with Gasteiger partial charge in [-0.25, -0.2) is 4.98 Å². The third kappa shape index (κ3) is 4.46. The van der Waals surface area contributed by atoms with Crippen molar-refractivity contribution in [2.45, 2.75) is 30.9 Å². The zero-order chi connectivity index (χ0) is 18.7. The average molecular weight is 372 g/mol. The van der Waals surface area contributed by atoms with Gasteiger partial charge >= 0.3 is 0 Å². The molecule has 26 heavy (non-hydrogen) atoms. The molecule has 0 spiro atoms. The fourth-order valence-corrected chi connectivity index (χ4v) is 3.97. The highest BCUT2D eigenvalue weighted by atomic mass is 32.2. The van der Waals surface area contributed by atoms with Crippen molar-refractivity contribution in [3.05, 3.63) is 41.6 Å². The lowest BCUT2D eigenvalue weighted by molar-refractivity contribution is -0.130. The summed E-state index contributed by atoms with van der Waals surface area (Å²) in [5.41, 5.74) is 7.83. The van der Waals surface area contributed by atoms with Crippen LogP contribution in [0, 0.1) is 13.8 Å². The molecule has 1 amide bonds. The van der Waals surface area contributed by atoms with E-state index < -0.39 is 0 Å². The molecule has 0 unspecified atom stereocenters. The SMILES string of the molecule is Cc1ccc(S[C@@H](C)C(=O)N2CCN(c3cc(C)nc(N)n3)CC2)cc1. The van der Waals surface area contributed by atoms with E-state index in [1.54, 1.807) is 11.8 Å². The molecule has 0 aliphatic carbocycles. The van der Waals surface area contributed by atoms with Crippen LogP contribution in [0.15, 0.2) is 35.2 Å². The zero-order valence-electron chi connectivity index (χ0n) is 15.5. The van der Waals surface area contributed by atoms with Crippen LogP contribution in [0.25, 0.3) is 0 Å². The van der Waals surface area contributed by atoms with Crippen molar-refractivity contribution in [3.63, 3.8) is 0 Å². The van der Waals surface area contributed by atoms with Gasteiger partial charge < -0.3 is 15.5 Å². The monoisotopic (exact) mass is 371 g/mol. The zero-order valence-corrected chi connectivity index (χ0v) is 16.3. The first-order valence-corrected chi connectivity index (χ1v) is 9.68. The molecule has 1 aliphatic heterocycles. The molecule has 1 fully saturated rings. The number of nitrogens with zero attached hydrogens (tertiary/aromatic N) is 4. The number of nitrogen functional groups attached to an aromatic ring is 1. The molecule has 0 radical (unpaired) electrons. The lowest BCUT2D eigenvalue weighted by Crippen LogP contribution is -2.51. The molecule has 2 heterocycles. The summed E-state index contributed by atoms with van der Waals surface area (Å²) >= 11 is 1.61. The van der Waals surface area contributed by atoms with E-state index in [0.717, 1.165) is 29.5 Å². The van der Waals surface area contributed by atoms with Crippen molar-refractivity contribution >= 4 is 29.4 Å². The van der Waals surface area contributed by atoms with Gasteiger partial charge in [-0.05, 0) is 32.9 Å². The van der Waals surface area contributed by atoms with E-state index in [0.29, 0.717) is 19.0 Å². The Balaban J connectivity index is 1.56. The molecule has 0 bridgehead atoms. The Morgan fingerprint density at radius 3 is 2.38 bits per heavy atom. The molecule has 1 atom stereocenters. The summed E-state index contributed by atoms with van der Waals surface area (Å²) in [6.07, 6.45) is 0. The summed E-state index contributed by atoms with van der Waals surface area (Å²) in [4.78, 5) is 26.4. The number of thioether (sulfide) groups is 1. The largest absolute Gasteiger partial charge is 0.368 e. The van der Waals surface area contributed by atoms with Crippen LogP contribution in [0.5, 0.6) is 0 Å². The van der Waals surface area contributed by atoms with Crippen molar-refractivity contribution in [2.75, 3.05) is 36.8 Å². The maximum atomic E-state index is 12.8. The number of carbonyl (C=O) groups excluding carboxylic acids is 1. The van der Waals surface area contributed by atoms with Gasteiger partial charge in [0.25, 0.3) is 0 Å². The number of hydrogen-bond donors (Lipinski definition) is 1. The molecular weight excluding hydrogens is 346 g/mol. The predicted octanol–water partition coefficient (Wildman–Crippen LogP) is 2.51. The first kappa shape index (κ1) is 18.5. The van der Waals surface area contributed by atoms with Gasteiger partial charge in [0.1, 0.15) is 5.82 Å². The number of amides is 1. The molecule has 2 aromatic rings. The van der Waals surface area contributed by atoms with Crippen LogP contribution in [0.4, 0.5) is 11.8 Å². The molecule has 7 heteroatoms. The van der Waals surface area contributed by atoms with Crippen molar-refractivity contribution in [3.8, 4) is 0 Å². The number of aryl methyl sites for hydroxylation is 2. The summed E-state index contributed by atoms with van der Waals surface area (Å²) in [7, 11) is 0. The minimum absolute atomic E-state index is 0.0961. The second kappa shape index (κ2) is 7.95. The fourth-order valence-electron chi connectivity index (χ4n) is 3.02. The predicted molar refractivity (Wildman–Crippen MR) is 106 cm³/mol. The van der Waals surface area contributed by atoms with E-state index in [-0.39, 0.29) is 11.2 Å². The van der Waals surface area contributed by atoms with Crippen LogP contribution >= 0.6 is 11.8 Å². The van der Waals surface area contributed by atoms with Gasteiger partial charge in [0, 0.05) is 42.8 Å². The van der Waals surface area contributed by atoms with Crippen molar-refractivity contribution in [1.82, 2.24) is 14.9 Å². The number of rotatable bonds is 4. The molecule has 1 saturated heterocycles. The quantitative estimate of drug-likeness (QED) is 0.833. The maximum absolute atomic E-state index is 12.8. The van der Waals surface area contributed by atoms with E-state index in [1.807, 2.05) is 24.8 Å². The third-order valence-electron chi connectivity index (χ3n) is 4.45. The van der Waals surface area contributed by atoms with Gasteiger partial charge in [0.2, 0.25) is 11.9 Å². The normalized spacial score (nSPS) is 15.8. The van der Waals surface area contributed by atoms with Crippen LogP contribution < -0.4 is 10.6 Å². The number of piperazine rings is 1. The van der Waals surface area contributed by atoms with Gasteiger partial charge in [-0.2, -0.15) is 4.98 Å². The smallest absolute Gasteiger partial charge is 0.235 e. The van der Waals surface area contributed by atoms with Crippen LogP contribution in [0.1, 0.15) is 18.2 Å². The number of aromatic nitrogens is 2. The lowest BCUT2D eigenvalue weighted by Gasteiger charge is -2.36. The highest BCUT2D eigenvalue weighted by Crippen LogP contribution is 2.25. The van der Waals surface area contributed by atoms with Crippen LogP contribution in [-0.4, -0.2) is 52.2 Å². The molecule has 6 nitrogen and oxygen atoms in total. The first-order valence-electron chi connectivity index (χ1n) is 8.80. The topological polar surface area (TPSA) is 75.4 Å². The Morgan fingerprint density at radius 1 is 1.12 bits per heavy atom. The van der Waals surface area contributed by atoms with E-state index in [9.17, 15) is 4.79 Å². The average Bonchev–Trinajstić information content (AvgIpc) is 2.62. The Kier molecular flexibility index (Phi) is 5.66. The molecule has 138 valence electrons. The van der Waals surface area contributed by atoms with E-state index >= 15 is 0 Å². The Hall–Kier alpha value is -2.28. The number of carbonyl (C=O) groups is 1. The standard InChI is InChI=1S/C19H25N5OS/c1-13-4-6-16(7-5-13)26-15(3)18(25)24-10-8-23(9-11-24)17-12-14(2)21-19(20)22-17/h4-7,12,15H,8-11H2,1-3H3,(H2,20,21,22)/t15-/m0/s1.